The molecule has 1 unspecified atom stereocenters. The van der Waals surface area contributed by atoms with Crippen LogP contribution in [0, 0.1) is 28.2 Å². The van der Waals surface area contributed by atoms with Gasteiger partial charge in [-0.25, -0.2) is 0 Å². The Kier molecular flexibility index (Phi) is 142. The van der Waals surface area contributed by atoms with Crippen LogP contribution in [0.4, 0.5) is 0 Å². The fourth-order valence-corrected chi connectivity index (χ4v) is 0.424. The van der Waals surface area contributed by atoms with E-state index in [1.54, 1.807) is 6.42 Å². The van der Waals surface area contributed by atoms with Crippen molar-refractivity contribution in [3.8, 4) is 0 Å². The summed E-state index contributed by atoms with van der Waals surface area (Å²) in [6.45, 7) is 9.40. The second-order valence-electron chi connectivity index (χ2n) is 1.72. The normalized spacial score (nSPS) is 7.12. The fraction of sp³-hybridized carbons (Fsp3) is 0.600. The third-order valence-electron chi connectivity index (χ3n) is 0.921. The molecule has 6 heteroatoms. The second kappa shape index (κ2) is 43.6. The molecule has 0 aliphatic carbocycles. The van der Waals surface area contributed by atoms with Gasteiger partial charge in [0.2, 0.25) is 0 Å². The smallest absolute Gasteiger partial charge is 0.430 e. The SMILES string of the molecule is C.CC.[B].[CH2-]C([CH-]CC)B(O)O.[CH3-].[CH3-].[W+2].[Y]. The van der Waals surface area contributed by atoms with Crippen LogP contribution >= 0.6 is 0 Å². The molecule has 0 aromatic heterocycles. The van der Waals surface area contributed by atoms with Crippen LogP contribution in [-0.2, 0) is 53.8 Å². The first kappa shape index (κ1) is 52.2. The van der Waals surface area contributed by atoms with Gasteiger partial charge in [-0.15, -0.1) is 0 Å². The van der Waals surface area contributed by atoms with Crippen LogP contribution in [0.3, 0.4) is 0 Å². The summed E-state index contributed by atoms with van der Waals surface area (Å²) in [5.41, 5.74) is 0. The van der Waals surface area contributed by atoms with Gasteiger partial charge in [0, 0.05) is 41.1 Å². The molecule has 0 saturated heterocycles. The van der Waals surface area contributed by atoms with E-state index in [1.165, 1.54) is 0 Å². The molecule has 0 bridgehead atoms. The Morgan fingerprint density at radius 2 is 1.50 bits per heavy atom. The summed E-state index contributed by atoms with van der Waals surface area (Å²) in [6, 6.07) is 0. The predicted octanol–water partition coefficient (Wildman–Crippen LogP) is 2.45. The molecule has 0 spiro atoms. The molecule has 0 aromatic rings. The average molecular weight is 474 g/mol. The van der Waals surface area contributed by atoms with Gasteiger partial charge in [0.05, 0.1) is 0 Å². The van der Waals surface area contributed by atoms with Crippen molar-refractivity contribution in [1.82, 2.24) is 0 Å². The van der Waals surface area contributed by atoms with E-state index in [9.17, 15) is 0 Å². The summed E-state index contributed by atoms with van der Waals surface area (Å²) < 4.78 is 0. The van der Waals surface area contributed by atoms with Crippen LogP contribution in [0.15, 0.2) is 0 Å². The van der Waals surface area contributed by atoms with E-state index in [-0.39, 0.29) is 90.3 Å². The van der Waals surface area contributed by atoms with Gasteiger partial charge in [0.15, 0.2) is 0 Å². The first-order valence-electron chi connectivity index (χ1n) is 3.71. The Labute approximate surface area is 147 Å². The molecule has 0 saturated carbocycles. The maximum absolute atomic E-state index is 8.41. The summed E-state index contributed by atoms with van der Waals surface area (Å²) >= 11 is 0. The minimum atomic E-state index is -1.30. The topological polar surface area (TPSA) is 40.5 Å². The van der Waals surface area contributed by atoms with Crippen LogP contribution in [-0.4, -0.2) is 25.6 Å². The van der Waals surface area contributed by atoms with E-state index in [0.717, 1.165) is 6.42 Å². The summed E-state index contributed by atoms with van der Waals surface area (Å²) in [5, 5.41) is 16.8. The largest absolute Gasteiger partial charge is 2.00 e. The van der Waals surface area contributed by atoms with Crippen LogP contribution < -0.4 is 0 Å². The molecule has 0 amide bonds. The zero-order chi connectivity index (χ0) is 8.57. The van der Waals surface area contributed by atoms with Crippen molar-refractivity contribution >= 4 is 15.5 Å². The van der Waals surface area contributed by atoms with Gasteiger partial charge in [0.1, 0.15) is 0 Å². The van der Waals surface area contributed by atoms with Crippen molar-refractivity contribution in [2.24, 2.45) is 0 Å². The number of hydrogen-bond acceptors (Lipinski definition) is 2. The van der Waals surface area contributed by atoms with Crippen molar-refractivity contribution in [3.63, 3.8) is 0 Å². The molecule has 0 aromatic carbocycles. The summed E-state index contributed by atoms with van der Waals surface area (Å²) in [7, 11) is -1.30. The van der Waals surface area contributed by atoms with E-state index in [4.69, 9.17) is 10.0 Å². The number of rotatable bonds is 3. The van der Waals surface area contributed by atoms with E-state index in [0.29, 0.717) is 0 Å². The maximum Gasteiger partial charge on any atom is 2.00 e. The molecule has 0 aliphatic rings. The molecule has 4 radical (unpaired) electrons. The first-order chi connectivity index (χ1) is 4.68. The number of hydrogen-bond donors (Lipinski definition) is 2. The zero-order valence-corrected chi connectivity index (χ0v) is 16.4. The molecule has 16 heavy (non-hydrogen) atoms. The molecule has 2 nitrogen and oxygen atoms in total. The van der Waals surface area contributed by atoms with Gasteiger partial charge in [-0.2, -0.15) is 6.42 Å². The minimum Gasteiger partial charge on any atom is -0.430 e. The molecule has 0 rings (SSSR count). The Balaban J connectivity index is -0.0000000126. The molecule has 0 aliphatic heterocycles. The van der Waals surface area contributed by atoms with Gasteiger partial charge in [-0.3, -0.25) is 5.82 Å². The minimum absolute atomic E-state index is 0. The van der Waals surface area contributed by atoms with Gasteiger partial charge in [-0.1, -0.05) is 28.2 Å². The van der Waals surface area contributed by atoms with E-state index < -0.39 is 7.12 Å². The standard InChI is InChI=1S/C5H11BO2.C2H6.CH4.2CH3.B.W.Y/c1-3-4-5(2)6(7)8;1-2;;;;;;/h4-5,7-8H,2-3H2,1H3;1-2H3;1H4;2*1H3;;;/q-2;;;2*-1;;+2;. The van der Waals surface area contributed by atoms with Crippen LogP contribution in [0.5, 0.6) is 0 Å². The third kappa shape index (κ3) is 44.6. The second-order valence-corrected chi connectivity index (χ2v) is 1.72. The molecule has 0 heterocycles. The zero-order valence-electron chi connectivity index (χ0n) is 10.6. The molecule has 2 N–H and O–H groups in total. The van der Waals surface area contributed by atoms with E-state index in [1.807, 2.05) is 20.8 Å². The monoisotopic (exact) mass is 474 g/mol. The van der Waals surface area contributed by atoms with Crippen molar-refractivity contribution in [2.75, 3.05) is 0 Å². The Hall–Kier alpha value is 1.84. The molecular formula is C10H27B2O2WY-2. The Bertz CT molecular complexity index is 72.8. The molecule has 96 valence electrons. The average Bonchev–Trinajstić information content (AvgIpc) is 1.93. The third-order valence-corrected chi connectivity index (χ3v) is 0.921. The van der Waals surface area contributed by atoms with Crippen molar-refractivity contribution in [2.45, 2.75) is 40.4 Å². The first-order valence-corrected chi connectivity index (χ1v) is 3.71. The Morgan fingerprint density at radius 3 is 1.56 bits per heavy atom. The predicted molar refractivity (Wildman–Crippen MR) is 70.6 cm³/mol. The summed E-state index contributed by atoms with van der Waals surface area (Å²) in [6.07, 6.45) is 2.58. The summed E-state index contributed by atoms with van der Waals surface area (Å²) in [4.78, 5) is 0. The quantitative estimate of drug-likeness (QED) is 0.488. The van der Waals surface area contributed by atoms with Crippen LogP contribution in [0.1, 0.15) is 34.6 Å². The van der Waals surface area contributed by atoms with Gasteiger partial charge < -0.3 is 38.2 Å². The fourth-order valence-electron chi connectivity index (χ4n) is 0.424. The van der Waals surface area contributed by atoms with Crippen molar-refractivity contribution in [1.29, 1.82) is 0 Å². The van der Waals surface area contributed by atoms with Gasteiger partial charge in [0.25, 0.3) is 0 Å². The van der Waals surface area contributed by atoms with Crippen molar-refractivity contribution < 1.29 is 63.8 Å². The Morgan fingerprint density at radius 1 is 1.25 bits per heavy atom. The van der Waals surface area contributed by atoms with Gasteiger partial charge in [-0.05, 0) is 0 Å². The van der Waals surface area contributed by atoms with E-state index in [2.05, 4.69) is 6.92 Å². The molecule has 1 atom stereocenters. The van der Waals surface area contributed by atoms with Gasteiger partial charge >= 0.3 is 28.2 Å². The summed E-state index contributed by atoms with van der Waals surface area (Å²) in [5.74, 6) is -0.347. The molecular weight excluding hydrogens is 446 g/mol. The van der Waals surface area contributed by atoms with Crippen LogP contribution in [0.25, 0.3) is 0 Å². The molecule has 0 fully saturated rings. The van der Waals surface area contributed by atoms with E-state index >= 15 is 0 Å². The van der Waals surface area contributed by atoms with Crippen LogP contribution in [0.2, 0.25) is 5.82 Å². The van der Waals surface area contributed by atoms with Crippen molar-refractivity contribution in [3.05, 3.63) is 28.2 Å². The maximum atomic E-state index is 8.41.